The van der Waals surface area contributed by atoms with Gasteiger partial charge in [0.15, 0.2) is 5.16 Å². The molecule has 0 fully saturated rings. The Kier molecular flexibility index (Phi) is 8.74. The SMILES string of the molecule is CCOC(=O)CNc1nc(SC)nc(Oc2ccc(C#N)c(C(=O)OC(C)(C)C)c2)c1[N+](=O)[O-]. The highest BCUT2D eigenvalue weighted by Gasteiger charge is 2.28. The lowest BCUT2D eigenvalue weighted by atomic mass is 10.1. The minimum atomic E-state index is -0.807. The van der Waals surface area contributed by atoms with Crippen molar-refractivity contribution >= 4 is 35.2 Å². The third kappa shape index (κ3) is 7.04. The van der Waals surface area contributed by atoms with E-state index in [1.807, 2.05) is 6.07 Å². The number of rotatable bonds is 9. The topological polar surface area (TPSA) is 167 Å². The van der Waals surface area contributed by atoms with Crippen molar-refractivity contribution in [2.45, 2.75) is 38.5 Å². The van der Waals surface area contributed by atoms with Crippen LogP contribution in [0, 0.1) is 21.4 Å². The van der Waals surface area contributed by atoms with Crippen LogP contribution in [-0.4, -0.2) is 51.8 Å². The highest BCUT2D eigenvalue weighted by atomic mass is 32.2. The van der Waals surface area contributed by atoms with Gasteiger partial charge in [-0.2, -0.15) is 15.2 Å². The maximum Gasteiger partial charge on any atom is 0.373 e. The number of ether oxygens (including phenoxy) is 3. The second kappa shape index (κ2) is 11.3. The van der Waals surface area contributed by atoms with Crippen molar-refractivity contribution in [3.05, 3.63) is 39.4 Å². The van der Waals surface area contributed by atoms with Crippen molar-refractivity contribution in [1.82, 2.24) is 9.97 Å². The first-order valence-electron chi connectivity index (χ1n) is 9.94. The first-order chi connectivity index (χ1) is 16.0. The van der Waals surface area contributed by atoms with Crippen LogP contribution in [0.15, 0.2) is 23.4 Å². The summed E-state index contributed by atoms with van der Waals surface area (Å²) in [6.07, 6.45) is 1.66. The van der Waals surface area contributed by atoms with Crippen LogP contribution in [0.5, 0.6) is 11.6 Å². The Labute approximate surface area is 199 Å². The van der Waals surface area contributed by atoms with Crippen LogP contribution in [0.2, 0.25) is 0 Å². The molecule has 0 aliphatic rings. The quantitative estimate of drug-likeness (QED) is 0.179. The number of carbonyl (C=O) groups is 2. The van der Waals surface area contributed by atoms with Crippen molar-refractivity contribution in [3.63, 3.8) is 0 Å². The molecule has 180 valence electrons. The molecule has 1 aromatic carbocycles. The third-order valence-electron chi connectivity index (χ3n) is 3.85. The number of esters is 2. The van der Waals surface area contributed by atoms with Gasteiger partial charge in [0.25, 0.3) is 0 Å². The average Bonchev–Trinajstić information content (AvgIpc) is 2.76. The zero-order chi connectivity index (χ0) is 25.5. The fourth-order valence-corrected chi connectivity index (χ4v) is 2.89. The number of benzene rings is 1. The van der Waals surface area contributed by atoms with Crippen molar-refractivity contribution in [2.75, 3.05) is 24.7 Å². The Bertz CT molecular complexity index is 1140. The predicted molar refractivity (Wildman–Crippen MR) is 122 cm³/mol. The number of nitriles is 1. The Morgan fingerprint density at radius 3 is 2.56 bits per heavy atom. The Morgan fingerprint density at radius 1 is 1.29 bits per heavy atom. The first-order valence-corrected chi connectivity index (χ1v) is 11.2. The zero-order valence-corrected chi connectivity index (χ0v) is 20.0. The van der Waals surface area contributed by atoms with E-state index < -0.39 is 34.0 Å². The van der Waals surface area contributed by atoms with Crippen LogP contribution in [-0.2, 0) is 14.3 Å². The van der Waals surface area contributed by atoms with Crippen molar-refractivity contribution < 1.29 is 28.7 Å². The Morgan fingerprint density at radius 2 is 2.00 bits per heavy atom. The average molecular weight is 490 g/mol. The van der Waals surface area contributed by atoms with E-state index in [0.29, 0.717) is 0 Å². The van der Waals surface area contributed by atoms with E-state index in [1.165, 1.54) is 18.2 Å². The van der Waals surface area contributed by atoms with E-state index >= 15 is 0 Å². The van der Waals surface area contributed by atoms with Crippen LogP contribution in [0.3, 0.4) is 0 Å². The minimum absolute atomic E-state index is 0.00468. The van der Waals surface area contributed by atoms with Gasteiger partial charge in [-0.15, -0.1) is 0 Å². The summed E-state index contributed by atoms with van der Waals surface area (Å²) in [6.45, 7) is 6.45. The number of carbonyl (C=O) groups excluding carboxylic acids is 2. The van der Waals surface area contributed by atoms with Crippen molar-refractivity contribution in [1.29, 1.82) is 5.26 Å². The molecule has 1 heterocycles. The van der Waals surface area contributed by atoms with Crippen LogP contribution >= 0.6 is 11.8 Å². The van der Waals surface area contributed by atoms with Gasteiger partial charge >= 0.3 is 23.5 Å². The molecule has 0 atom stereocenters. The normalized spacial score (nSPS) is 10.7. The molecule has 0 radical (unpaired) electrons. The van der Waals surface area contributed by atoms with Gasteiger partial charge in [-0.05, 0) is 52.1 Å². The number of nitro groups is 1. The molecule has 0 unspecified atom stereocenters. The third-order valence-corrected chi connectivity index (χ3v) is 4.39. The Balaban J connectivity index is 2.49. The predicted octanol–water partition coefficient (Wildman–Crippen LogP) is 3.70. The molecule has 0 aliphatic heterocycles. The number of anilines is 1. The molecule has 2 rings (SSSR count). The second-order valence-electron chi connectivity index (χ2n) is 7.55. The molecule has 0 aliphatic carbocycles. The lowest BCUT2D eigenvalue weighted by molar-refractivity contribution is -0.385. The molecule has 2 aromatic rings. The molecule has 0 saturated heterocycles. The molecule has 0 amide bonds. The van der Waals surface area contributed by atoms with Gasteiger partial charge < -0.3 is 19.5 Å². The van der Waals surface area contributed by atoms with Gasteiger partial charge in [-0.1, -0.05) is 11.8 Å². The fourth-order valence-electron chi connectivity index (χ4n) is 2.53. The first kappa shape index (κ1) is 26.3. The summed E-state index contributed by atoms with van der Waals surface area (Å²) >= 11 is 1.09. The van der Waals surface area contributed by atoms with Crippen molar-refractivity contribution in [3.8, 4) is 17.7 Å². The summed E-state index contributed by atoms with van der Waals surface area (Å²) < 4.78 is 15.8. The number of aromatic nitrogens is 2. The number of thioether (sulfide) groups is 1. The molecule has 12 nitrogen and oxygen atoms in total. The number of nitrogens with one attached hydrogen (secondary N) is 1. The van der Waals surface area contributed by atoms with Crippen molar-refractivity contribution in [2.24, 2.45) is 0 Å². The van der Waals surface area contributed by atoms with E-state index in [9.17, 15) is 25.0 Å². The van der Waals surface area contributed by atoms with E-state index in [0.717, 1.165) is 11.8 Å². The smallest absolute Gasteiger partial charge is 0.373 e. The van der Waals surface area contributed by atoms with E-state index in [4.69, 9.17) is 14.2 Å². The van der Waals surface area contributed by atoms with Gasteiger partial charge in [0.1, 0.15) is 24.0 Å². The summed E-state index contributed by atoms with van der Waals surface area (Å²) in [7, 11) is 0. The monoisotopic (exact) mass is 489 g/mol. The fraction of sp³-hybridized carbons (Fsp3) is 0.381. The lowest BCUT2D eigenvalue weighted by Crippen LogP contribution is -2.24. The van der Waals surface area contributed by atoms with E-state index in [-0.39, 0.29) is 41.0 Å². The molecular weight excluding hydrogens is 466 g/mol. The van der Waals surface area contributed by atoms with Crippen LogP contribution in [0.4, 0.5) is 11.5 Å². The molecule has 13 heteroatoms. The van der Waals surface area contributed by atoms with Gasteiger partial charge in [0.2, 0.25) is 5.82 Å². The minimum Gasteiger partial charge on any atom is -0.465 e. The number of hydrogen-bond acceptors (Lipinski definition) is 12. The molecule has 0 spiro atoms. The molecular formula is C21H23N5O7S. The van der Waals surface area contributed by atoms with Gasteiger partial charge in [0, 0.05) is 0 Å². The highest BCUT2D eigenvalue weighted by Crippen LogP contribution is 2.37. The molecule has 0 saturated carbocycles. The van der Waals surface area contributed by atoms with Crippen LogP contribution in [0.1, 0.15) is 43.6 Å². The number of hydrogen-bond donors (Lipinski definition) is 1. The largest absolute Gasteiger partial charge is 0.465 e. The molecule has 0 bridgehead atoms. The van der Waals surface area contributed by atoms with Crippen LogP contribution < -0.4 is 10.1 Å². The summed E-state index contributed by atoms with van der Waals surface area (Å²) in [6, 6.07) is 5.83. The second-order valence-corrected chi connectivity index (χ2v) is 8.32. The van der Waals surface area contributed by atoms with Gasteiger partial charge in [-0.25, -0.2) is 4.79 Å². The van der Waals surface area contributed by atoms with Gasteiger partial charge in [0.05, 0.1) is 22.7 Å². The maximum atomic E-state index is 12.6. The standard InChI is InChI=1S/C21H23N5O7S/c1-6-31-15(27)11-23-17-16(26(29)30)18(25-20(24-17)34-5)32-13-8-7-12(10-22)14(9-13)19(28)33-21(2,3)4/h7-9H,6,11H2,1-5H3,(H,23,24,25). The van der Waals surface area contributed by atoms with Gasteiger partial charge in [-0.3, -0.25) is 14.9 Å². The molecule has 1 aromatic heterocycles. The molecule has 34 heavy (non-hydrogen) atoms. The highest BCUT2D eigenvalue weighted by molar-refractivity contribution is 7.98. The lowest BCUT2D eigenvalue weighted by Gasteiger charge is -2.20. The van der Waals surface area contributed by atoms with Crippen LogP contribution in [0.25, 0.3) is 0 Å². The summed E-state index contributed by atoms with van der Waals surface area (Å²) in [5.41, 5.74) is -1.46. The van der Waals surface area contributed by atoms with E-state index in [2.05, 4.69) is 15.3 Å². The summed E-state index contributed by atoms with van der Waals surface area (Å²) in [4.78, 5) is 43.4. The molecule has 1 N–H and O–H groups in total. The summed E-state index contributed by atoms with van der Waals surface area (Å²) in [5, 5.41) is 23.9. The maximum absolute atomic E-state index is 12.6. The number of nitrogens with zero attached hydrogens (tertiary/aromatic N) is 4. The Hall–Kier alpha value is -3.92. The van der Waals surface area contributed by atoms with E-state index in [1.54, 1.807) is 34.0 Å². The summed E-state index contributed by atoms with van der Waals surface area (Å²) in [5.74, 6) is -2.04. The zero-order valence-electron chi connectivity index (χ0n) is 19.2.